The van der Waals surface area contributed by atoms with Crippen LogP contribution in [0.5, 0.6) is 0 Å². The lowest BCUT2D eigenvalue weighted by atomic mass is 10.00. The molecule has 0 bridgehead atoms. The van der Waals surface area contributed by atoms with Crippen molar-refractivity contribution in [2.24, 2.45) is 5.92 Å². The van der Waals surface area contributed by atoms with E-state index < -0.39 is 0 Å². The van der Waals surface area contributed by atoms with Crippen molar-refractivity contribution in [3.8, 4) is 0 Å². The second-order valence-corrected chi connectivity index (χ2v) is 5.39. The number of hydrogen-bond donors (Lipinski definition) is 1. The van der Waals surface area contributed by atoms with Crippen molar-refractivity contribution in [2.75, 3.05) is 13.1 Å². The predicted molar refractivity (Wildman–Crippen MR) is 72.1 cm³/mol. The van der Waals surface area contributed by atoms with Crippen molar-refractivity contribution in [1.82, 2.24) is 10.3 Å². The highest BCUT2D eigenvalue weighted by atomic mass is 32.1. The molecule has 0 saturated heterocycles. The molecule has 0 aliphatic heterocycles. The predicted octanol–water partition coefficient (Wildman–Crippen LogP) is 3.41. The summed E-state index contributed by atoms with van der Waals surface area (Å²) in [7, 11) is 0. The molecule has 3 heteroatoms. The molecule has 16 heavy (non-hydrogen) atoms. The summed E-state index contributed by atoms with van der Waals surface area (Å²) in [6.45, 7) is 8.83. The second-order valence-electron chi connectivity index (χ2n) is 4.45. The van der Waals surface area contributed by atoms with Gasteiger partial charge in [0, 0.05) is 17.5 Å². The Morgan fingerprint density at radius 3 is 2.75 bits per heavy atom. The van der Waals surface area contributed by atoms with Crippen LogP contribution in [0.25, 0.3) is 0 Å². The largest absolute Gasteiger partial charge is 0.316 e. The van der Waals surface area contributed by atoms with Crippen LogP contribution in [-0.2, 0) is 6.42 Å². The van der Waals surface area contributed by atoms with Crippen LogP contribution in [0, 0.1) is 12.8 Å². The Balaban J connectivity index is 2.37. The van der Waals surface area contributed by atoms with Gasteiger partial charge in [0.05, 0.1) is 5.01 Å². The first kappa shape index (κ1) is 13.7. The molecule has 0 aliphatic carbocycles. The highest BCUT2D eigenvalue weighted by Crippen LogP contribution is 2.17. The standard InChI is InChI=1S/C13H24N2S/c1-4-6-12(9-14-7-5-2)8-13-15-11(3)10-16-13/h10,12,14H,4-9H2,1-3H3. The molecule has 92 valence electrons. The van der Waals surface area contributed by atoms with Crippen molar-refractivity contribution < 1.29 is 0 Å². The van der Waals surface area contributed by atoms with E-state index in [9.17, 15) is 0 Å². The molecule has 0 aliphatic rings. The molecule has 1 heterocycles. The van der Waals surface area contributed by atoms with Crippen molar-refractivity contribution >= 4 is 11.3 Å². The van der Waals surface area contributed by atoms with Gasteiger partial charge in [-0.05, 0) is 38.8 Å². The van der Waals surface area contributed by atoms with E-state index in [0.29, 0.717) is 0 Å². The van der Waals surface area contributed by atoms with Crippen LogP contribution in [0.2, 0.25) is 0 Å². The summed E-state index contributed by atoms with van der Waals surface area (Å²) in [6.07, 6.45) is 4.93. The first-order valence-electron chi connectivity index (χ1n) is 6.38. The zero-order chi connectivity index (χ0) is 11.8. The first-order valence-corrected chi connectivity index (χ1v) is 7.25. The Morgan fingerprint density at radius 2 is 2.19 bits per heavy atom. The molecular formula is C13H24N2S. The van der Waals surface area contributed by atoms with Gasteiger partial charge in [-0.1, -0.05) is 20.3 Å². The molecule has 1 aromatic rings. The van der Waals surface area contributed by atoms with E-state index in [1.807, 2.05) is 0 Å². The van der Waals surface area contributed by atoms with Crippen molar-refractivity contribution in [1.29, 1.82) is 0 Å². The molecule has 1 N–H and O–H groups in total. The maximum absolute atomic E-state index is 4.55. The lowest BCUT2D eigenvalue weighted by Crippen LogP contribution is -2.24. The van der Waals surface area contributed by atoms with Crippen molar-refractivity contribution in [2.45, 2.75) is 46.5 Å². The number of nitrogens with zero attached hydrogens (tertiary/aromatic N) is 1. The van der Waals surface area contributed by atoms with E-state index in [-0.39, 0.29) is 0 Å². The van der Waals surface area contributed by atoms with Gasteiger partial charge in [-0.3, -0.25) is 0 Å². The van der Waals surface area contributed by atoms with Gasteiger partial charge in [0.2, 0.25) is 0 Å². The summed E-state index contributed by atoms with van der Waals surface area (Å²) in [6, 6.07) is 0. The van der Waals surface area contributed by atoms with Crippen LogP contribution in [0.1, 0.15) is 43.8 Å². The minimum absolute atomic E-state index is 0.752. The fourth-order valence-corrected chi connectivity index (χ4v) is 2.80. The van der Waals surface area contributed by atoms with Gasteiger partial charge < -0.3 is 5.32 Å². The summed E-state index contributed by atoms with van der Waals surface area (Å²) in [5.74, 6) is 0.752. The zero-order valence-electron chi connectivity index (χ0n) is 10.8. The van der Waals surface area contributed by atoms with E-state index in [4.69, 9.17) is 0 Å². The van der Waals surface area contributed by atoms with Crippen LogP contribution in [-0.4, -0.2) is 18.1 Å². The Morgan fingerprint density at radius 1 is 1.38 bits per heavy atom. The third-order valence-electron chi connectivity index (χ3n) is 2.69. The fraction of sp³-hybridized carbons (Fsp3) is 0.769. The molecule has 0 saturated carbocycles. The van der Waals surface area contributed by atoms with E-state index in [0.717, 1.165) is 31.1 Å². The zero-order valence-corrected chi connectivity index (χ0v) is 11.6. The minimum atomic E-state index is 0.752. The van der Waals surface area contributed by atoms with Gasteiger partial charge in [0.25, 0.3) is 0 Å². The number of hydrogen-bond acceptors (Lipinski definition) is 3. The van der Waals surface area contributed by atoms with E-state index in [2.05, 4.69) is 36.5 Å². The number of aryl methyl sites for hydroxylation is 1. The number of thiazole rings is 1. The average Bonchev–Trinajstić information content (AvgIpc) is 2.65. The molecule has 0 spiro atoms. The molecule has 1 atom stereocenters. The van der Waals surface area contributed by atoms with Gasteiger partial charge in [0.1, 0.15) is 0 Å². The van der Waals surface area contributed by atoms with Crippen LogP contribution in [0.4, 0.5) is 0 Å². The molecule has 0 radical (unpaired) electrons. The van der Waals surface area contributed by atoms with Gasteiger partial charge in [-0.2, -0.15) is 0 Å². The third kappa shape index (κ3) is 5.08. The number of rotatable bonds is 8. The highest BCUT2D eigenvalue weighted by molar-refractivity contribution is 7.09. The Labute approximate surface area is 103 Å². The fourth-order valence-electron chi connectivity index (χ4n) is 1.91. The van der Waals surface area contributed by atoms with Crippen LogP contribution in [0.3, 0.4) is 0 Å². The SMILES string of the molecule is CCCNCC(CCC)Cc1nc(C)cs1. The summed E-state index contributed by atoms with van der Waals surface area (Å²) in [5.41, 5.74) is 1.16. The van der Waals surface area contributed by atoms with Gasteiger partial charge in [-0.15, -0.1) is 11.3 Å². The topological polar surface area (TPSA) is 24.9 Å². The summed E-state index contributed by atoms with van der Waals surface area (Å²) >= 11 is 1.80. The van der Waals surface area contributed by atoms with Crippen LogP contribution >= 0.6 is 11.3 Å². The molecule has 1 aromatic heterocycles. The lowest BCUT2D eigenvalue weighted by Gasteiger charge is -2.15. The quantitative estimate of drug-likeness (QED) is 0.704. The Kier molecular flexibility index (Phi) is 6.65. The molecule has 0 aromatic carbocycles. The van der Waals surface area contributed by atoms with Gasteiger partial charge in [0.15, 0.2) is 0 Å². The van der Waals surface area contributed by atoms with Crippen molar-refractivity contribution in [3.05, 3.63) is 16.1 Å². The van der Waals surface area contributed by atoms with Gasteiger partial charge >= 0.3 is 0 Å². The third-order valence-corrected chi connectivity index (χ3v) is 3.68. The van der Waals surface area contributed by atoms with E-state index >= 15 is 0 Å². The van der Waals surface area contributed by atoms with E-state index in [1.165, 1.54) is 24.3 Å². The molecule has 1 unspecified atom stereocenters. The first-order chi connectivity index (χ1) is 7.76. The van der Waals surface area contributed by atoms with E-state index in [1.54, 1.807) is 11.3 Å². The monoisotopic (exact) mass is 240 g/mol. The van der Waals surface area contributed by atoms with Crippen molar-refractivity contribution in [3.63, 3.8) is 0 Å². The normalized spacial score (nSPS) is 12.9. The van der Waals surface area contributed by atoms with Gasteiger partial charge in [-0.25, -0.2) is 4.98 Å². The summed E-state index contributed by atoms with van der Waals surface area (Å²) in [4.78, 5) is 4.55. The molecule has 0 amide bonds. The summed E-state index contributed by atoms with van der Waals surface area (Å²) in [5, 5.41) is 6.97. The average molecular weight is 240 g/mol. The maximum Gasteiger partial charge on any atom is 0.0931 e. The highest BCUT2D eigenvalue weighted by Gasteiger charge is 2.10. The smallest absolute Gasteiger partial charge is 0.0931 e. The lowest BCUT2D eigenvalue weighted by molar-refractivity contribution is 0.438. The van der Waals surface area contributed by atoms with Crippen LogP contribution < -0.4 is 5.32 Å². The minimum Gasteiger partial charge on any atom is -0.316 e. The summed E-state index contributed by atoms with van der Waals surface area (Å²) < 4.78 is 0. The maximum atomic E-state index is 4.55. The molecule has 0 fully saturated rings. The molecular weight excluding hydrogens is 216 g/mol. The molecule has 1 rings (SSSR count). The van der Waals surface area contributed by atoms with Crippen LogP contribution in [0.15, 0.2) is 5.38 Å². The number of nitrogens with one attached hydrogen (secondary N) is 1. The second kappa shape index (κ2) is 7.80. The Bertz CT molecular complexity index is 283. The molecule has 2 nitrogen and oxygen atoms in total. The Hall–Kier alpha value is -0.410. The number of aromatic nitrogens is 1.